The van der Waals surface area contributed by atoms with Crippen molar-refractivity contribution < 1.29 is 4.79 Å². The lowest BCUT2D eigenvalue weighted by atomic mass is 9.93. The van der Waals surface area contributed by atoms with Crippen molar-refractivity contribution >= 4 is 5.91 Å². The Labute approximate surface area is 56.4 Å². The average molecular weight is 129 g/mol. The van der Waals surface area contributed by atoms with Crippen LogP contribution in [0.25, 0.3) is 0 Å². The topological polar surface area (TPSA) is 43.1 Å². The van der Waals surface area contributed by atoms with Crippen LogP contribution in [-0.4, -0.2) is 5.91 Å². The third kappa shape index (κ3) is 2.49. The molecule has 2 nitrogen and oxygen atoms in total. The second-order valence-electron chi connectivity index (χ2n) is 2.58. The highest BCUT2D eigenvalue weighted by atomic mass is 16.1. The predicted octanol–water partition coefficient (Wildman–Crippen LogP) is 1.15. The van der Waals surface area contributed by atoms with Gasteiger partial charge in [-0.15, -0.1) is 0 Å². The Bertz CT molecular complexity index is 101. The number of carbonyl (C=O) groups is 1. The van der Waals surface area contributed by atoms with Crippen LogP contribution in [0.2, 0.25) is 0 Å². The van der Waals surface area contributed by atoms with Crippen LogP contribution in [0.3, 0.4) is 0 Å². The van der Waals surface area contributed by atoms with Gasteiger partial charge in [0.2, 0.25) is 5.91 Å². The summed E-state index contributed by atoms with van der Waals surface area (Å²) in [5.41, 5.74) is 5.07. The zero-order valence-electron chi connectivity index (χ0n) is 6.35. The molecule has 0 heterocycles. The van der Waals surface area contributed by atoms with Gasteiger partial charge < -0.3 is 5.73 Å². The van der Waals surface area contributed by atoms with Gasteiger partial charge in [0.15, 0.2) is 0 Å². The zero-order valence-corrected chi connectivity index (χ0v) is 6.35. The van der Waals surface area contributed by atoms with Crippen LogP contribution in [0.15, 0.2) is 0 Å². The first kappa shape index (κ1) is 8.47. The van der Waals surface area contributed by atoms with Crippen molar-refractivity contribution in [1.82, 2.24) is 0 Å². The van der Waals surface area contributed by atoms with E-state index in [0.29, 0.717) is 5.92 Å². The van der Waals surface area contributed by atoms with Crippen molar-refractivity contribution in [2.75, 3.05) is 0 Å². The molecule has 0 aliphatic carbocycles. The second kappa shape index (κ2) is 3.49. The average Bonchev–Trinajstić information content (AvgIpc) is 1.84. The summed E-state index contributed by atoms with van der Waals surface area (Å²) in [4.78, 5) is 10.5. The minimum Gasteiger partial charge on any atom is -0.369 e. The third-order valence-electron chi connectivity index (χ3n) is 1.95. The number of rotatable bonds is 3. The van der Waals surface area contributed by atoms with Gasteiger partial charge in [-0.05, 0) is 5.92 Å². The van der Waals surface area contributed by atoms with Gasteiger partial charge in [0.1, 0.15) is 0 Å². The van der Waals surface area contributed by atoms with E-state index in [1.165, 1.54) is 0 Å². The summed E-state index contributed by atoms with van der Waals surface area (Å²) in [5.74, 6) is 0.252. The summed E-state index contributed by atoms with van der Waals surface area (Å²) < 4.78 is 0. The lowest BCUT2D eigenvalue weighted by Crippen LogP contribution is -2.25. The van der Waals surface area contributed by atoms with Crippen LogP contribution in [-0.2, 0) is 4.79 Å². The van der Waals surface area contributed by atoms with Crippen molar-refractivity contribution in [3.8, 4) is 0 Å². The van der Waals surface area contributed by atoms with E-state index in [1.54, 1.807) is 0 Å². The van der Waals surface area contributed by atoms with Crippen LogP contribution in [0.1, 0.15) is 27.2 Å². The van der Waals surface area contributed by atoms with E-state index < -0.39 is 0 Å². The van der Waals surface area contributed by atoms with Crippen LogP contribution < -0.4 is 5.73 Å². The first-order chi connectivity index (χ1) is 4.09. The number of nitrogens with two attached hydrogens (primary N) is 1. The van der Waals surface area contributed by atoms with Crippen LogP contribution >= 0.6 is 0 Å². The van der Waals surface area contributed by atoms with Crippen LogP contribution in [0, 0.1) is 11.8 Å². The molecule has 2 heteroatoms. The molecule has 0 aromatic carbocycles. The first-order valence-electron chi connectivity index (χ1n) is 3.38. The summed E-state index contributed by atoms with van der Waals surface area (Å²) in [6, 6.07) is 0. The lowest BCUT2D eigenvalue weighted by Gasteiger charge is -2.13. The van der Waals surface area contributed by atoms with E-state index in [9.17, 15) is 4.79 Å². The fourth-order valence-corrected chi connectivity index (χ4v) is 0.634. The van der Waals surface area contributed by atoms with Gasteiger partial charge in [-0.2, -0.15) is 0 Å². The van der Waals surface area contributed by atoms with Crippen molar-refractivity contribution in [3.05, 3.63) is 0 Å². The maximum Gasteiger partial charge on any atom is 0.220 e. The minimum absolute atomic E-state index is 0.0231. The predicted molar refractivity (Wildman–Crippen MR) is 37.8 cm³/mol. The molecule has 0 saturated heterocycles. The molecule has 0 bridgehead atoms. The summed E-state index contributed by atoms with van der Waals surface area (Å²) in [5, 5.41) is 0. The van der Waals surface area contributed by atoms with Gasteiger partial charge in [-0.3, -0.25) is 4.79 Å². The molecule has 0 saturated carbocycles. The molecule has 1 unspecified atom stereocenters. The van der Waals surface area contributed by atoms with Gasteiger partial charge in [-0.25, -0.2) is 0 Å². The maximum atomic E-state index is 10.5. The third-order valence-corrected chi connectivity index (χ3v) is 1.95. The lowest BCUT2D eigenvalue weighted by molar-refractivity contribution is -0.122. The minimum atomic E-state index is -0.190. The summed E-state index contributed by atoms with van der Waals surface area (Å²) >= 11 is 0. The molecule has 2 N–H and O–H groups in total. The quantitative estimate of drug-likeness (QED) is 0.610. The number of carbonyl (C=O) groups excluding carboxylic acids is 1. The normalized spacial score (nSPS) is 16.8. The molecule has 0 rings (SSSR count). The van der Waals surface area contributed by atoms with Gasteiger partial charge in [0, 0.05) is 5.92 Å². The Morgan fingerprint density at radius 1 is 1.56 bits per heavy atom. The molecular formula is C7H15NO. The van der Waals surface area contributed by atoms with E-state index in [2.05, 4.69) is 6.92 Å². The zero-order chi connectivity index (χ0) is 7.44. The molecular weight excluding hydrogens is 114 g/mol. The van der Waals surface area contributed by atoms with Crippen molar-refractivity contribution in [2.45, 2.75) is 27.2 Å². The molecule has 54 valence electrons. The fraction of sp³-hybridized carbons (Fsp3) is 0.857. The van der Waals surface area contributed by atoms with Crippen molar-refractivity contribution in [3.63, 3.8) is 0 Å². The van der Waals surface area contributed by atoms with Crippen molar-refractivity contribution in [2.24, 2.45) is 17.6 Å². The Hall–Kier alpha value is -0.530. The largest absolute Gasteiger partial charge is 0.369 e. The number of hydrogen-bond donors (Lipinski definition) is 1. The molecule has 0 aliphatic rings. The monoisotopic (exact) mass is 129 g/mol. The Balaban J connectivity index is 3.72. The molecule has 0 spiro atoms. The van der Waals surface area contributed by atoms with Crippen LogP contribution in [0.4, 0.5) is 0 Å². The molecule has 0 fully saturated rings. The molecule has 2 atom stereocenters. The highest BCUT2D eigenvalue weighted by Gasteiger charge is 2.14. The van der Waals surface area contributed by atoms with Gasteiger partial charge in [-0.1, -0.05) is 27.2 Å². The SMILES string of the molecule is CCC(C)[C@@H](C)C(N)=O. The maximum absolute atomic E-state index is 10.5. The molecule has 0 radical (unpaired) electrons. The number of primary amides is 1. The molecule has 0 aromatic heterocycles. The second-order valence-corrected chi connectivity index (χ2v) is 2.58. The van der Waals surface area contributed by atoms with E-state index in [-0.39, 0.29) is 11.8 Å². The summed E-state index contributed by atoms with van der Waals surface area (Å²) in [6.45, 7) is 5.97. The van der Waals surface area contributed by atoms with E-state index >= 15 is 0 Å². The molecule has 0 aromatic rings. The summed E-state index contributed by atoms with van der Waals surface area (Å²) in [6.07, 6.45) is 1.02. The van der Waals surface area contributed by atoms with Gasteiger partial charge in [0.05, 0.1) is 0 Å². The number of hydrogen-bond acceptors (Lipinski definition) is 1. The molecule has 1 amide bonds. The highest BCUT2D eigenvalue weighted by molar-refractivity contribution is 5.76. The first-order valence-corrected chi connectivity index (χ1v) is 3.38. The highest BCUT2D eigenvalue weighted by Crippen LogP contribution is 2.12. The van der Waals surface area contributed by atoms with E-state index in [4.69, 9.17) is 5.73 Å². The molecule has 0 aliphatic heterocycles. The van der Waals surface area contributed by atoms with E-state index in [0.717, 1.165) is 6.42 Å². The number of amides is 1. The Morgan fingerprint density at radius 2 is 2.00 bits per heavy atom. The fourth-order valence-electron chi connectivity index (χ4n) is 0.634. The standard InChI is InChI=1S/C7H15NO/c1-4-5(2)6(3)7(8)9/h5-6H,4H2,1-3H3,(H2,8,9)/t5?,6-/m1/s1. The Morgan fingerprint density at radius 3 is 2.11 bits per heavy atom. The summed E-state index contributed by atoms with van der Waals surface area (Å²) in [7, 11) is 0. The molecule has 9 heavy (non-hydrogen) atoms. The van der Waals surface area contributed by atoms with E-state index in [1.807, 2.05) is 13.8 Å². The van der Waals surface area contributed by atoms with Gasteiger partial charge >= 0.3 is 0 Å². The van der Waals surface area contributed by atoms with Gasteiger partial charge in [0.25, 0.3) is 0 Å². The van der Waals surface area contributed by atoms with Crippen LogP contribution in [0.5, 0.6) is 0 Å². The van der Waals surface area contributed by atoms with Crippen molar-refractivity contribution in [1.29, 1.82) is 0 Å². The smallest absolute Gasteiger partial charge is 0.220 e. The Kier molecular flexibility index (Phi) is 3.28.